The van der Waals surface area contributed by atoms with Crippen LogP contribution in [0.5, 0.6) is 0 Å². The van der Waals surface area contributed by atoms with Crippen molar-refractivity contribution in [1.82, 2.24) is 0 Å². The lowest BCUT2D eigenvalue weighted by Gasteiger charge is -2.38. The molecule has 2 bridgehead atoms. The van der Waals surface area contributed by atoms with Gasteiger partial charge in [-0.15, -0.1) is 0 Å². The topological polar surface area (TPSA) is 17.1 Å². The molecule has 0 saturated carbocycles. The van der Waals surface area contributed by atoms with Crippen LogP contribution in [0.2, 0.25) is 0 Å². The molecule has 3 rings (SSSR count). The van der Waals surface area contributed by atoms with Crippen LogP contribution in [-0.4, -0.2) is 16.3 Å². The molecule has 0 aromatic heterocycles. The van der Waals surface area contributed by atoms with Gasteiger partial charge in [0.15, 0.2) is 5.78 Å². The molecule has 1 aromatic carbocycles. The highest BCUT2D eigenvalue weighted by Gasteiger charge is 2.40. The predicted molar refractivity (Wildman–Crippen MR) is 77.5 cm³/mol. The Morgan fingerprint density at radius 1 is 1.14 bits per heavy atom. The summed E-state index contributed by atoms with van der Waals surface area (Å²) in [5.74, 6) is -1.77. The van der Waals surface area contributed by atoms with Gasteiger partial charge >= 0.3 is 6.18 Å². The second kappa shape index (κ2) is 5.87. The number of rotatable bonds is 2. The number of carbonyl (C=O) groups excluding carboxylic acids is 1. The maximum absolute atomic E-state index is 13.4. The number of Topliss-reactive ketones (excluding diaryl/α,β-unsaturated/α-hetero) is 1. The van der Waals surface area contributed by atoms with E-state index >= 15 is 0 Å². The van der Waals surface area contributed by atoms with Gasteiger partial charge in [-0.1, -0.05) is 6.42 Å². The molecule has 2 fully saturated rings. The molecule has 0 aliphatic carbocycles. The quantitative estimate of drug-likeness (QED) is 0.554. The largest absolute Gasteiger partial charge is 0.417 e. The summed E-state index contributed by atoms with van der Waals surface area (Å²) >= 11 is 1.85. The Morgan fingerprint density at radius 3 is 2.36 bits per heavy atom. The summed E-state index contributed by atoms with van der Waals surface area (Å²) in [6, 6.07) is 2.16. The number of alkyl halides is 3. The molecule has 22 heavy (non-hydrogen) atoms. The highest BCUT2D eigenvalue weighted by molar-refractivity contribution is 8.00. The van der Waals surface area contributed by atoms with Gasteiger partial charge in [0, 0.05) is 22.0 Å². The fourth-order valence-corrected chi connectivity index (χ4v) is 5.30. The van der Waals surface area contributed by atoms with Crippen LogP contribution in [0.3, 0.4) is 0 Å². The molecule has 2 heterocycles. The van der Waals surface area contributed by atoms with E-state index in [0.717, 1.165) is 31.4 Å². The number of hydrogen-bond acceptors (Lipinski definition) is 2. The molecule has 1 aromatic rings. The average molecular weight is 332 g/mol. The van der Waals surface area contributed by atoms with E-state index < -0.39 is 34.8 Å². The molecule has 0 spiro atoms. The molecular formula is C16H16F4OS. The van der Waals surface area contributed by atoms with Gasteiger partial charge in [-0.2, -0.15) is 24.9 Å². The summed E-state index contributed by atoms with van der Waals surface area (Å²) < 4.78 is 52.5. The lowest BCUT2D eigenvalue weighted by atomic mass is 9.83. The molecule has 1 nitrogen and oxygen atoms in total. The number of thioether (sulfide) groups is 1. The molecule has 2 saturated heterocycles. The first-order chi connectivity index (χ1) is 10.3. The molecular weight excluding hydrogens is 316 g/mol. The molecule has 120 valence electrons. The smallest absolute Gasteiger partial charge is 0.294 e. The third-order valence-corrected chi connectivity index (χ3v) is 6.08. The van der Waals surface area contributed by atoms with Gasteiger partial charge in [0.25, 0.3) is 0 Å². The fraction of sp³-hybridized carbons (Fsp3) is 0.562. The van der Waals surface area contributed by atoms with Crippen LogP contribution in [0, 0.1) is 11.7 Å². The number of benzene rings is 1. The van der Waals surface area contributed by atoms with Crippen LogP contribution in [0.4, 0.5) is 17.6 Å². The molecule has 2 atom stereocenters. The van der Waals surface area contributed by atoms with Crippen LogP contribution < -0.4 is 0 Å². The summed E-state index contributed by atoms with van der Waals surface area (Å²) in [6.07, 6.45) is -0.281. The van der Waals surface area contributed by atoms with Crippen LogP contribution in [0.15, 0.2) is 18.2 Å². The van der Waals surface area contributed by atoms with E-state index in [0.29, 0.717) is 29.4 Å². The second-order valence-corrected chi connectivity index (χ2v) is 7.64. The third-order valence-electron chi connectivity index (χ3n) is 4.46. The second-order valence-electron chi connectivity index (χ2n) is 6.03. The van der Waals surface area contributed by atoms with E-state index in [9.17, 15) is 22.4 Å². The van der Waals surface area contributed by atoms with Crippen LogP contribution in [0.1, 0.15) is 48.0 Å². The summed E-state index contributed by atoms with van der Waals surface area (Å²) in [6.45, 7) is 0. The molecule has 0 N–H and O–H groups in total. The van der Waals surface area contributed by atoms with Crippen molar-refractivity contribution >= 4 is 17.5 Å². The lowest BCUT2D eigenvalue weighted by Crippen LogP contribution is -2.33. The monoisotopic (exact) mass is 332 g/mol. The number of fused-ring (bicyclic) bond motifs is 2. The van der Waals surface area contributed by atoms with Crippen molar-refractivity contribution in [2.24, 2.45) is 5.92 Å². The van der Waals surface area contributed by atoms with E-state index in [2.05, 4.69) is 0 Å². The molecule has 2 aliphatic heterocycles. The first kappa shape index (κ1) is 15.8. The minimum Gasteiger partial charge on any atom is -0.294 e. The summed E-state index contributed by atoms with van der Waals surface area (Å²) in [5.41, 5.74) is -1.54. The Bertz CT molecular complexity index is 572. The van der Waals surface area contributed by atoms with Crippen molar-refractivity contribution in [3.05, 3.63) is 35.1 Å². The van der Waals surface area contributed by atoms with Crippen molar-refractivity contribution in [2.45, 2.75) is 48.8 Å². The van der Waals surface area contributed by atoms with Crippen molar-refractivity contribution in [3.63, 3.8) is 0 Å². The zero-order chi connectivity index (χ0) is 15.9. The van der Waals surface area contributed by atoms with E-state index in [-0.39, 0.29) is 0 Å². The van der Waals surface area contributed by atoms with Crippen LogP contribution >= 0.6 is 11.8 Å². The normalized spacial score (nSPS) is 28.5. The molecule has 0 radical (unpaired) electrons. The Hall–Kier alpha value is -1.04. The van der Waals surface area contributed by atoms with Gasteiger partial charge in [-0.25, -0.2) is 4.39 Å². The van der Waals surface area contributed by atoms with Crippen LogP contribution in [-0.2, 0) is 6.18 Å². The lowest BCUT2D eigenvalue weighted by molar-refractivity contribution is -0.138. The summed E-state index contributed by atoms with van der Waals surface area (Å²) in [7, 11) is 0. The van der Waals surface area contributed by atoms with Gasteiger partial charge < -0.3 is 0 Å². The van der Waals surface area contributed by atoms with E-state index in [1.165, 1.54) is 0 Å². The first-order valence-corrected chi connectivity index (χ1v) is 8.35. The minimum absolute atomic E-state index is 0.351. The van der Waals surface area contributed by atoms with Gasteiger partial charge in [-0.05, 0) is 43.9 Å². The average Bonchev–Trinajstić information content (AvgIpc) is 2.44. The zero-order valence-corrected chi connectivity index (χ0v) is 12.6. The van der Waals surface area contributed by atoms with Gasteiger partial charge in [0.05, 0.1) is 5.56 Å². The number of hydrogen-bond donors (Lipinski definition) is 0. The maximum atomic E-state index is 13.4. The number of halogens is 4. The van der Waals surface area contributed by atoms with E-state index in [1.807, 2.05) is 11.8 Å². The number of carbonyl (C=O) groups is 1. The van der Waals surface area contributed by atoms with Gasteiger partial charge in [-0.3, -0.25) is 4.79 Å². The fourth-order valence-electron chi connectivity index (χ4n) is 3.46. The van der Waals surface area contributed by atoms with Crippen molar-refractivity contribution in [2.75, 3.05) is 0 Å². The Kier molecular flexibility index (Phi) is 4.23. The Balaban J connectivity index is 1.90. The van der Waals surface area contributed by atoms with Crippen molar-refractivity contribution in [1.29, 1.82) is 0 Å². The summed E-state index contributed by atoms with van der Waals surface area (Å²) in [5, 5.41) is 0.702. The third kappa shape index (κ3) is 3.16. The summed E-state index contributed by atoms with van der Waals surface area (Å²) in [4.78, 5) is 12.6. The van der Waals surface area contributed by atoms with E-state index in [4.69, 9.17) is 0 Å². The molecule has 2 unspecified atom stereocenters. The Morgan fingerprint density at radius 2 is 1.77 bits per heavy atom. The Labute approximate surface area is 130 Å². The minimum atomic E-state index is -4.64. The number of ketones is 1. The van der Waals surface area contributed by atoms with Crippen LogP contribution in [0.25, 0.3) is 0 Å². The molecule has 6 heteroatoms. The van der Waals surface area contributed by atoms with Gasteiger partial charge in [0.1, 0.15) is 5.82 Å². The highest BCUT2D eigenvalue weighted by Crippen LogP contribution is 2.45. The highest BCUT2D eigenvalue weighted by atomic mass is 32.2. The van der Waals surface area contributed by atoms with Crippen molar-refractivity contribution in [3.8, 4) is 0 Å². The molecule has 2 aliphatic rings. The molecule has 0 amide bonds. The standard InChI is InChI=1S/C16H16F4OS/c17-10-4-5-14(16(18,19)20)13(8-10)15(21)9-6-11-2-1-3-12(7-9)22-11/h4-5,8-9,11-12H,1-3,6-7H2. The first-order valence-electron chi connectivity index (χ1n) is 7.41. The van der Waals surface area contributed by atoms with Gasteiger partial charge in [0.2, 0.25) is 0 Å². The van der Waals surface area contributed by atoms with Crippen molar-refractivity contribution < 1.29 is 22.4 Å². The predicted octanol–water partition coefficient (Wildman–Crippen LogP) is 5.09. The SMILES string of the molecule is O=C(c1cc(F)ccc1C(F)(F)F)C1CC2CCCC(C1)S2. The zero-order valence-electron chi connectivity index (χ0n) is 11.8. The van der Waals surface area contributed by atoms with E-state index in [1.54, 1.807) is 0 Å². The maximum Gasteiger partial charge on any atom is 0.417 e.